The first-order valence-electron chi connectivity index (χ1n) is 26.4. The molecule has 0 bridgehead atoms. The Labute approximate surface area is 361 Å². The van der Waals surface area contributed by atoms with Crippen LogP contribution in [0.3, 0.4) is 0 Å². The van der Waals surface area contributed by atoms with E-state index in [1.165, 1.54) is 103 Å². The lowest BCUT2D eigenvalue weighted by atomic mass is 9.52. The minimum absolute atomic E-state index is 0.236. The second kappa shape index (κ2) is 15.9. The van der Waals surface area contributed by atoms with E-state index >= 15 is 0 Å². The predicted octanol–water partition coefficient (Wildman–Crippen LogP) is 13.9. The molecule has 2 heteroatoms. The van der Waals surface area contributed by atoms with Gasteiger partial charge in [-0.15, -0.1) is 0 Å². The van der Waals surface area contributed by atoms with E-state index in [9.17, 15) is 0 Å². The fourth-order valence-corrected chi connectivity index (χ4v) is 19.3. The summed E-state index contributed by atoms with van der Waals surface area (Å²) >= 11 is 0. The summed E-state index contributed by atoms with van der Waals surface area (Å²) in [5, 5.41) is 4.17. The quantitative estimate of drug-likeness (QED) is 0.228. The monoisotopic (exact) mass is 797 g/mol. The summed E-state index contributed by atoms with van der Waals surface area (Å²) in [6.07, 6.45) is 58.3. The zero-order valence-corrected chi connectivity index (χ0v) is 37.9. The number of hydrogen-bond donors (Lipinski definition) is 2. The van der Waals surface area contributed by atoms with E-state index < -0.39 is 0 Å². The van der Waals surface area contributed by atoms with Gasteiger partial charge in [-0.05, 0) is 209 Å². The van der Waals surface area contributed by atoms with Gasteiger partial charge in [0.05, 0.1) is 0 Å². The highest BCUT2D eigenvalue weighted by molar-refractivity contribution is 5.36. The summed E-state index contributed by atoms with van der Waals surface area (Å²) in [4.78, 5) is 0. The Kier molecular flexibility index (Phi) is 10.8. The molecule has 2 spiro atoms. The van der Waals surface area contributed by atoms with Crippen LogP contribution in [0.15, 0.2) is 71.9 Å². The third-order valence-corrected chi connectivity index (χ3v) is 21.6. The van der Waals surface area contributed by atoms with Gasteiger partial charge in [-0.3, -0.25) is 0 Å². The maximum atomic E-state index is 6.94. The molecular weight excluding hydrogens is 713 g/mol. The molecule has 0 saturated heterocycles. The van der Waals surface area contributed by atoms with Gasteiger partial charge < -0.3 is 11.1 Å². The van der Waals surface area contributed by atoms with Gasteiger partial charge in [-0.1, -0.05) is 124 Å². The van der Waals surface area contributed by atoms with Crippen molar-refractivity contribution < 1.29 is 0 Å². The number of nitrogens with two attached hydrogens (primary N) is 1. The molecule has 2 nitrogen and oxygen atoms in total. The second-order valence-electron chi connectivity index (χ2n) is 24.0. The maximum Gasteiger partial charge on any atom is 0.0300 e. The molecule has 3 N–H and O–H groups in total. The van der Waals surface area contributed by atoms with E-state index in [2.05, 4.69) is 86.8 Å². The summed E-state index contributed by atoms with van der Waals surface area (Å²) in [5.41, 5.74) is 12.2. The van der Waals surface area contributed by atoms with Crippen LogP contribution in [0.25, 0.3) is 0 Å². The molecule has 322 valence electrons. The van der Waals surface area contributed by atoms with Gasteiger partial charge in [0.15, 0.2) is 0 Å². The first kappa shape index (κ1) is 40.2. The smallest absolute Gasteiger partial charge is 0.0300 e. The van der Waals surface area contributed by atoms with Gasteiger partial charge in [-0.25, -0.2) is 0 Å². The number of allylic oxidation sites excluding steroid dienone is 9. The molecule has 59 heavy (non-hydrogen) atoms. The Morgan fingerprint density at radius 3 is 2.32 bits per heavy atom. The van der Waals surface area contributed by atoms with Crippen molar-refractivity contribution in [3.63, 3.8) is 0 Å². The number of nitrogens with one attached hydrogen (secondary N) is 1. The van der Waals surface area contributed by atoms with Gasteiger partial charge in [0, 0.05) is 18.1 Å². The molecule has 11 aliphatic rings. The van der Waals surface area contributed by atoms with Crippen LogP contribution in [0.2, 0.25) is 0 Å². The lowest BCUT2D eigenvalue weighted by molar-refractivity contribution is -0.00760. The van der Waals surface area contributed by atoms with Crippen molar-refractivity contribution in [3.8, 4) is 0 Å². The van der Waals surface area contributed by atoms with Crippen LogP contribution in [0.5, 0.6) is 0 Å². The summed E-state index contributed by atoms with van der Waals surface area (Å²) in [5.74, 6) is 11.6. The van der Waals surface area contributed by atoms with Crippen LogP contribution < -0.4 is 11.1 Å². The zero-order chi connectivity index (χ0) is 39.9. The fourth-order valence-electron chi connectivity index (χ4n) is 19.3. The van der Waals surface area contributed by atoms with E-state index in [-0.39, 0.29) is 6.04 Å². The van der Waals surface area contributed by atoms with Crippen molar-refractivity contribution >= 4 is 0 Å². The summed E-state index contributed by atoms with van der Waals surface area (Å²) in [6.45, 7) is 8.04. The van der Waals surface area contributed by atoms with Crippen molar-refractivity contribution in [3.05, 3.63) is 71.9 Å². The van der Waals surface area contributed by atoms with Crippen molar-refractivity contribution in [1.29, 1.82) is 0 Å². The molecule has 17 unspecified atom stereocenters. The Morgan fingerprint density at radius 2 is 1.56 bits per heavy atom. The van der Waals surface area contributed by atoms with E-state index in [0.717, 1.165) is 71.0 Å². The van der Waals surface area contributed by atoms with Gasteiger partial charge in [0.25, 0.3) is 0 Å². The Hall–Kier alpha value is -1.64. The molecule has 0 aromatic carbocycles. The molecule has 0 aromatic rings. The molecule has 11 rings (SSSR count). The molecule has 6 saturated carbocycles. The maximum absolute atomic E-state index is 6.94. The van der Waals surface area contributed by atoms with Crippen molar-refractivity contribution in [1.82, 2.24) is 5.32 Å². The highest BCUT2D eigenvalue weighted by Gasteiger charge is 2.84. The number of hydrogen-bond acceptors (Lipinski definition) is 2. The Morgan fingerprint density at radius 1 is 0.712 bits per heavy atom. The van der Waals surface area contributed by atoms with Crippen LogP contribution in [0, 0.1) is 93.2 Å². The summed E-state index contributed by atoms with van der Waals surface area (Å²) < 4.78 is 0. The second-order valence-corrected chi connectivity index (χ2v) is 24.0. The first-order chi connectivity index (χ1) is 28.8. The van der Waals surface area contributed by atoms with Gasteiger partial charge in [-0.2, -0.15) is 0 Å². The lowest BCUT2D eigenvalue weighted by Gasteiger charge is -2.52. The fraction of sp³-hybridized carbons (Fsp3) is 0.789. The van der Waals surface area contributed by atoms with Crippen LogP contribution in [0.1, 0.15) is 168 Å². The van der Waals surface area contributed by atoms with Crippen LogP contribution in [0.4, 0.5) is 0 Å². The molecule has 0 heterocycles. The molecule has 0 amide bonds. The molecule has 17 atom stereocenters. The molecular formula is C57H84N2. The Balaban J connectivity index is 0.756. The van der Waals surface area contributed by atoms with E-state index in [0.29, 0.717) is 40.7 Å². The van der Waals surface area contributed by atoms with E-state index in [4.69, 9.17) is 5.73 Å². The Bertz CT molecular complexity index is 1730. The average Bonchev–Trinajstić information content (AvgIpc) is 3.85. The third-order valence-electron chi connectivity index (χ3n) is 21.6. The van der Waals surface area contributed by atoms with Crippen LogP contribution in [-0.4, -0.2) is 18.1 Å². The minimum Gasteiger partial charge on any atom is -0.327 e. The van der Waals surface area contributed by atoms with E-state index in [1.807, 2.05) is 0 Å². The highest BCUT2D eigenvalue weighted by Crippen LogP contribution is 2.89. The van der Waals surface area contributed by atoms with Gasteiger partial charge in [0.2, 0.25) is 0 Å². The SMILES string of the molecule is CC(NC(CC(N)C1C=CCCC1)C1=CC=CCC1)C1C=CC(C2=CCC(C3CCCC4C5C6C(C=CC5C(C)(C)C34)C3(CCCCC3)C34CCCCC3C64)CC2)CC1. The summed E-state index contributed by atoms with van der Waals surface area (Å²) in [7, 11) is 0. The summed E-state index contributed by atoms with van der Waals surface area (Å²) in [6, 6.07) is 1.09. The zero-order valence-electron chi connectivity index (χ0n) is 37.9. The largest absolute Gasteiger partial charge is 0.327 e. The normalized spacial score (nSPS) is 46.5. The van der Waals surface area contributed by atoms with E-state index in [1.54, 1.807) is 49.7 Å². The lowest BCUT2D eigenvalue weighted by Crippen LogP contribution is -2.46. The molecule has 0 radical (unpaired) electrons. The third kappa shape index (κ3) is 6.48. The average molecular weight is 797 g/mol. The minimum atomic E-state index is 0.236. The van der Waals surface area contributed by atoms with Gasteiger partial charge >= 0.3 is 0 Å². The standard InChI is InChI=1S/C57H84N2/c1-37(59-50(43-18-9-5-10-19-43)36-49(58)42-16-7-4-8-17-42)38-23-25-39(26-24-38)40-27-29-41(30-28-40)44-20-15-21-45-51-46(55(2,3)53(44)45)31-32-47-52(51)54-48-22-11-14-35-57(48,54)56(47)33-12-6-13-34-56/h5,7,9,16,18,23,25,27,31-32,37-39,41-42,44-54,59H,4,6,8,10-15,17,19-22,24,26,28-30,33-36,58H2,1-3H3. The molecule has 11 aliphatic carbocycles. The first-order valence-corrected chi connectivity index (χ1v) is 26.4. The number of rotatable bonds is 9. The molecule has 6 fully saturated rings. The predicted molar refractivity (Wildman–Crippen MR) is 247 cm³/mol. The highest BCUT2D eigenvalue weighted by atomic mass is 15.0. The van der Waals surface area contributed by atoms with Crippen LogP contribution >= 0.6 is 0 Å². The van der Waals surface area contributed by atoms with Crippen molar-refractivity contribution in [2.45, 2.75) is 187 Å². The number of fused-ring (bicyclic) bond motifs is 8. The molecule has 0 aromatic heterocycles. The van der Waals surface area contributed by atoms with Crippen molar-refractivity contribution in [2.24, 2.45) is 98.9 Å². The van der Waals surface area contributed by atoms with Crippen LogP contribution in [-0.2, 0) is 0 Å². The van der Waals surface area contributed by atoms with Gasteiger partial charge in [0.1, 0.15) is 0 Å². The molecule has 0 aliphatic heterocycles. The van der Waals surface area contributed by atoms with Crippen molar-refractivity contribution in [2.75, 3.05) is 0 Å². The topological polar surface area (TPSA) is 38.0 Å².